The van der Waals surface area contributed by atoms with Crippen LogP contribution in [0, 0.1) is 0 Å². The van der Waals surface area contributed by atoms with Gasteiger partial charge in [-0.3, -0.25) is 0 Å². The fraction of sp³-hybridized carbons (Fsp3) is 0. The first-order valence-electron chi connectivity index (χ1n) is 6.48. The summed E-state index contributed by atoms with van der Waals surface area (Å²) in [4.78, 5) is 0. The number of phenols is 1. The predicted molar refractivity (Wildman–Crippen MR) is 90.6 cm³/mol. The van der Waals surface area contributed by atoms with Crippen molar-refractivity contribution < 1.29 is 5.11 Å². The Kier molecular flexibility index (Phi) is 4.51. The van der Waals surface area contributed by atoms with Crippen molar-refractivity contribution in [3.8, 4) is 28.0 Å². The molecule has 21 heavy (non-hydrogen) atoms. The van der Waals surface area contributed by atoms with E-state index < -0.39 is 0 Å². The van der Waals surface area contributed by atoms with E-state index in [0.29, 0.717) is 5.69 Å². The van der Waals surface area contributed by atoms with Crippen molar-refractivity contribution in [1.29, 1.82) is 0 Å². The van der Waals surface area contributed by atoms with Gasteiger partial charge in [-0.05, 0) is 34.9 Å². The lowest BCUT2D eigenvalue weighted by molar-refractivity contribution is 0.477. The fourth-order valence-corrected chi connectivity index (χ4v) is 2.29. The van der Waals surface area contributed by atoms with Gasteiger partial charge in [0.25, 0.3) is 0 Å². The van der Waals surface area contributed by atoms with Crippen molar-refractivity contribution in [3.05, 3.63) is 72.8 Å². The lowest BCUT2D eigenvalue weighted by atomic mass is 9.98. The van der Waals surface area contributed by atoms with Gasteiger partial charge in [-0.25, -0.2) is 0 Å². The largest absolute Gasteiger partial charge is 0.507 e. The molecule has 0 saturated heterocycles. The minimum Gasteiger partial charge on any atom is -0.507 e. The Bertz CT molecular complexity index is 741. The smallest absolute Gasteiger partial charge is 0.125 e. The number of phenolic OH excluding ortho intramolecular Hbond substituents is 1. The highest BCUT2D eigenvalue weighted by molar-refractivity contribution is 5.85. The molecule has 0 spiro atoms. The number of halogens is 1. The minimum atomic E-state index is 0. The maximum Gasteiger partial charge on any atom is 0.125 e. The Labute approximate surface area is 130 Å². The van der Waals surface area contributed by atoms with Gasteiger partial charge in [-0.1, -0.05) is 48.5 Å². The van der Waals surface area contributed by atoms with Crippen molar-refractivity contribution in [1.82, 2.24) is 0 Å². The zero-order valence-corrected chi connectivity index (χ0v) is 12.2. The Morgan fingerprint density at radius 3 is 2.05 bits per heavy atom. The van der Waals surface area contributed by atoms with E-state index in [9.17, 15) is 5.11 Å². The summed E-state index contributed by atoms with van der Waals surface area (Å²) in [7, 11) is 0. The molecular formula is C18H16ClNO. The van der Waals surface area contributed by atoms with Gasteiger partial charge in [0.2, 0.25) is 0 Å². The number of nitrogens with two attached hydrogens (primary N) is 1. The van der Waals surface area contributed by atoms with Gasteiger partial charge in [0.1, 0.15) is 5.75 Å². The molecule has 3 rings (SSSR count). The van der Waals surface area contributed by atoms with E-state index in [1.165, 1.54) is 0 Å². The lowest BCUT2D eigenvalue weighted by Gasteiger charge is -2.08. The van der Waals surface area contributed by atoms with Crippen LogP contribution in [0.1, 0.15) is 0 Å². The van der Waals surface area contributed by atoms with Gasteiger partial charge in [0.15, 0.2) is 0 Å². The van der Waals surface area contributed by atoms with Crippen LogP contribution in [0.4, 0.5) is 5.69 Å². The van der Waals surface area contributed by atoms with E-state index in [2.05, 4.69) is 24.3 Å². The molecule has 106 valence electrons. The number of hydrogen-bond acceptors (Lipinski definition) is 2. The molecular weight excluding hydrogens is 282 g/mol. The average molecular weight is 298 g/mol. The van der Waals surface area contributed by atoms with Crippen LogP contribution in [0.15, 0.2) is 72.8 Å². The van der Waals surface area contributed by atoms with E-state index in [0.717, 1.165) is 22.3 Å². The van der Waals surface area contributed by atoms with Crippen LogP contribution in [0.2, 0.25) is 0 Å². The Hall–Kier alpha value is -2.45. The molecule has 0 radical (unpaired) electrons. The van der Waals surface area contributed by atoms with Crippen LogP contribution >= 0.6 is 12.4 Å². The highest BCUT2D eigenvalue weighted by atomic mass is 35.5. The summed E-state index contributed by atoms with van der Waals surface area (Å²) in [5.41, 5.74) is 10.3. The molecule has 0 fully saturated rings. The monoisotopic (exact) mass is 297 g/mol. The Morgan fingerprint density at radius 2 is 1.33 bits per heavy atom. The van der Waals surface area contributed by atoms with Crippen molar-refractivity contribution in [2.45, 2.75) is 0 Å². The van der Waals surface area contributed by atoms with Gasteiger partial charge in [-0.15, -0.1) is 12.4 Å². The van der Waals surface area contributed by atoms with Crippen molar-refractivity contribution in [2.24, 2.45) is 0 Å². The first-order chi connectivity index (χ1) is 9.74. The van der Waals surface area contributed by atoms with Crippen molar-refractivity contribution >= 4 is 18.1 Å². The molecule has 0 bridgehead atoms. The van der Waals surface area contributed by atoms with Crippen LogP contribution in [0.3, 0.4) is 0 Å². The highest BCUT2D eigenvalue weighted by Crippen LogP contribution is 2.33. The topological polar surface area (TPSA) is 46.2 Å². The van der Waals surface area contributed by atoms with E-state index in [-0.39, 0.29) is 18.2 Å². The second-order valence-electron chi connectivity index (χ2n) is 4.72. The summed E-state index contributed by atoms with van der Waals surface area (Å²) < 4.78 is 0. The average Bonchev–Trinajstić information content (AvgIpc) is 2.48. The SMILES string of the molecule is Cl.Nc1ccc(-c2cccc(-c3ccccc3)c2)c(O)c1. The van der Waals surface area contributed by atoms with Crippen LogP contribution < -0.4 is 5.73 Å². The molecule has 3 heteroatoms. The minimum absolute atomic E-state index is 0. The maximum absolute atomic E-state index is 10.0. The number of hydrogen-bond donors (Lipinski definition) is 2. The van der Waals surface area contributed by atoms with E-state index in [1.807, 2.05) is 36.4 Å². The van der Waals surface area contributed by atoms with Crippen LogP contribution in [0.25, 0.3) is 22.3 Å². The van der Waals surface area contributed by atoms with Gasteiger partial charge >= 0.3 is 0 Å². The number of rotatable bonds is 2. The van der Waals surface area contributed by atoms with Crippen LogP contribution in [0.5, 0.6) is 5.75 Å². The normalized spacial score (nSPS) is 9.90. The number of aromatic hydroxyl groups is 1. The van der Waals surface area contributed by atoms with Gasteiger partial charge in [0.05, 0.1) is 0 Å². The maximum atomic E-state index is 10.0. The molecule has 0 aliphatic rings. The molecule has 0 atom stereocenters. The van der Waals surface area contributed by atoms with E-state index in [1.54, 1.807) is 12.1 Å². The standard InChI is InChI=1S/C18H15NO.ClH/c19-16-9-10-17(18(20)12-16)15-8-4-7-14(11-15)13-5-2-1-3-6-13;/h1-12,20H,19H2;1H. The fourth-order valence-electron chi connectivity index (χ4n) is 2.29. The third kappa shape index (κ3) is 3.18. The summed E-state index contributed by atoms with van der Waals surface area (Å²) in [6.45, 7) is 0. The molecule has 0 aliphatic carbocycles. The lowest BCUT2D eigenvalue weighted by Crippen LogP contribution is -1.86. The summed E-state index contributed by atoms with van der Waals surface area (Å²) in [6, 6.07) is 23.5. The van der Waals surface area contributed by atoms with Crippen molar-refractivity contribution in [2.75, 3.05) is 5.73 Å². The van der Waals surface area contributed by atoms with Gasteiger partial charge in [0, 0.05) is 17.3 Å². The van der Waals surface area contributed by atoms with E-state index >= 15 is 0 Å². The predicted octanol–water partition coefficient (Wildman–Crippen LogP) is 4.73. The highest BCUT2D eigenvalue weighted by Gasteiger charge is 2.06. The molecule has 0 aromatic heterocycles. The zero-order valence-electron chi connectivity index (χ0n) is 11.4. The first-order valence-corrected chi connectivity index (χ1v) is 6.48. The summed E-state index contributed by atoms with van der Waals surface area (Å²) >= 11 is 0. The van der Waals surface area contributed by atoms with Crippen molar-refractivity contribution in [3.63, 3.8) is 0 Å². The molecule has 0 heterocycles. The first kappa shape index (κ1) is 14.9. The van der Waals surface area contributed by atoms with Gasteiger partial charge < -0.3 is 10.8 Å². The molecule has 2 nitrogen and oxygen atoms in total. The molecule has 0 aliphatic heterocycles. The molecule has 3 aromatic rings. The zero-order chi connectivity index (χ0) is 13.9. The second-order valence-corrected chi connectivity index (χ2v) is 4.72. The molecule has 0 saturated carbocycles. The number of benzene rings is 3. The Balaban J connectivity index is 0.00000161. The molecule has 0 amide bonds. The van der Waals surface area contributed by atoms with Crippen LogP contribution in [-0.4, -0.2) is 5.11 Å². The van der Waals surface area contributed by atoms with E-state index in [4.69, 9.17) is 5.73 Å². The number of nitrogen functional groups attached to an aromatic ring is 1. The van der Waals surface area contributed by atoms with Gasteiger partial charge in [-0.2, -0.15) is 0 Å². The third-order valence-corrected chi connectivity index (χ3v) is 3.30. The number of anilines is 1. The molecule has 3 N–H and O–H groups in total. The quantitative estimate of drug-likeness (QED) is 0.672. The van der Waals surface area contributed by atoms with Crippen LogP contribution in [-0.2, 0) is 0 Å². The summed E-state index contributed by atoms with van der Waals surface area (Å²) in [6.07, 6.45) is 0. The molecule has 3 aromatic carbocycles. The summed E-state index contributed by atoms with van der Waals surface area (Å²) in [5.74, 6) is 0.204. The summed E-state index contributed by atoms with van der Waals surface area (Å²) in [5, 5.41) is 10.0. The third-order valence-electron chi connectivity index (χ3n) is 3.30. The molecule has 0 unspecified atom stereocenters. The Morgan fingerprint density at radius 1 is 0.667 bits per heavy atom. The second kappa shape index (κ2) is 6.33.